The number of benzene rings is 1. The van der Waals surface area contributed by atoms with Crippen molar-refractivity contribution in [2.75, 3.05) is 44.2 Å². The van der Waals surface area contributed by atoms with Gasteiger partial charge in [-0.1, -0.05) is 39.8 Å². The number of nitrogens with one attached hydrogen (secondary N) is 3. The Balaban J connectivity index is 1.68. The van der Waals surface area contributed by atoms with Crippen LogP contribution in [0.25, 0.3) is 0 Å². The van der Waals surface area contributed by atoms with Crippen LogP contribution in [0.15, 0.2) is 17.1 Å². The topological polar surface area (TPSA) is 211 Å². The number of guanidine groups is 1. The first kappa shape index (κ1) is 40.8. The molecule has 1 spiro atoms. The molecular formula is C37H57N5O8S2. The van der Waals surface area contributed by atoms with Gasteiger partial charge in [-0.3, -0.25) is 9.79 Å². The van der Waals surface area contributed by atoms with Crippen molar-refractivity contribution in [3.05, 3.63) is 23.3 Å². The van der Waals surface area contributed by atoms with Gasteiger partial charge in [0.05, 0.1) is 24.2 Å². The summed E-state index contributed by atoms with van der Waals surface area (Å²) in [6.07, 6.45) is -0.137. The molecule has 13 nitrogen and oxygen atoms in total. The zero-order valence-electron chi connectivity index (χ0n) is 30.3. The zero-order valence-corrected chi connectivity index (χ0v) is 31.9. The van der Waals surface area contributed by atoms with Gasteiger partial charge in [-0.05, 0) is 69.7 Å². The highest BCUT2D eigenvalue weighted by Crippen LogP contribution is 2.41. The average molecular weight is 764 g/mol. The van der Waals surface area contributed by atoms with Gasteiger partial charge in [0.2, 0.25) is 0 Å². The van der Waals surface area contributed by atoms with Crippen LogP contribution >= 0.6 is 21.6 Å². The van der Waals surface area contributed by atoms with Gasteiger partial charge in [0.1, 0.15) is 12.2 Å². The number of piperidine rings is 1. The minimum absolute atomic E-state index is 0.110. The molecule has 3 heterocycles. The van der Waals surface area contributed by atoms with E-state index in [0.717, 1.165) is 43.9 Å². The van der Waals surface area contributed by atoms with E-state index in [0.29, 0.717) is 37.9 Å². The summed E-state index contributed by atoms with van der Waals surface area (Å²) in [6, 6.07) is 2.99. The van der Waals surface area contributed by atoms with Crippen molar-refractivity contribution >= 4 is 33.5 Å². The first-order chi connectivity index (χ1) is 24.9. The lowest BCUT2D eigenvalue weighted by Crippen LogP contribution is -2.59. The summed E-state index contributed by atoms with van der Waals surface area (Å²) < 4.78 is 12.5. The number of esters is 1. The number of nitrogens with two attached hydrogens (primary N) is 1. The predicted octanol–water partition coefficient (Wildman–Crippen LogP) is 1.94. The van der Waals surface area contributed by atoms with Crippen molar-refractivity contribution in [1.29, 1.82) is 0 Å². The van der Waals surface area contributed by atoms with Gasteiger partial charge in [0.25, 0.3) is 0 Å². The van der Waals surface area contributed by atoms with E-state index in [1.165, 1.54) is 13.0 Å². The second-order valence-electron chi connectivity index (χ2n) is 14.8. The van der Waals surface area contributed by atoms with E-state index in [4.69, 9.17) is 15.2 Å². The highest BCUT2D eigenvalue weighted by atomic mass is 33.1. The van der Waals surface area contributed by atoms with Crippen molar-refractivity contribution < 1.29 is 39.8 Å². The molecule has 0 aromatic heterocycles. The van der Waals surface area contributed by atoms with E-state index in [-0.39, 0.29) is 60.5 Å². The van der Waals surface area contributed by atoms with Gasteiger partial charge < -0.3 is 56.7 Å². The fourth-order valence-corrected chi connectivity index (χ4v) is 9.90. The highest BCUT2D eigenvalue weighted by molar-refractivity contribution is 8.76. The standard InChI is InChI=1S/C37H57N5O8S2/c1-23(43)36-9-5-25-4-3-8-37(22-39-12-14-51-52-15-13-40-35(38)41-21-36)20-28(7-11-42-37)50-33-17-26(30(34(47)48)19-31(33)46)16-29(25)32(49-24(2)44)18-27(45)6-10-36/h17,19,23,25,27-29,32,34,39,42-43,45-48H,3-4,6-8,10-16,18,20-22H2,1-2H3,(H3,38,40,41)/t23-,25+,27-,28+,29-,32-,36+,37+/m0/s1. The third-order valence-electron chi connectivity index (χ3n) is 11.0. The number of phenolic OH excluding ortho intramolecular Hbond substituents is 1. The number of rotatable bonds is 3. The Morgan fingerprint density at radius 2 is 1.92 bits per heavy atom. The van der Waals surface area contributed by atoms with Gasteiger partial charge in [-0.25, -0.2) is 0 Å². The number of carbonyl (C=O) groups is 1. The van der Waals surface area contributed by atoms with Crippen LogP contribution in [-0.2, 0) is 16.0 Å². The molecule has 1 aliphatic carbocycles. The lowest BCUT2D eigenvalue weighted by Gasteiger charge is -2.42. The smallest absolute Gasteiger partial charge is 0.302 e. The Hall–Kier alpha value is -2.42. The minimum Gasteiger partial charge on any atom is -0.504 e. The average Bonchev–Trinajstić information content (AvgIpc) is 3.09. The minimum atomic E-state index is -1.89. The summed E-state index contributed by atoms with van der Waals surface area (Å²) >= 11 is 0. The summed E-state index contributed by atoms with van der Waals surface area (Å²) in [5, 5.41) is 65.5. The summed E-state index contributed by atoms with van der Waals surface area (Å²) in [6.45, 7) is 6.04. The molecule has 15 heteroatoms. The van der Waals surface area contributed by atoms with Gasteiger partial charge in [-0.2, -0.15) is 0 Å². The number of phenols is 1. The lowest BCUT2D eigenvalue weighted by atomic mass is 9.72. The quantitative estimate of drug-likeness (QED) is 0.0933. The van der Waals surface area contributed by atoms with E-state index in [2.05, 4.69) is 32.8 Å². The van der Waals surface area contributed by atoms with Crippen LogP contribution in [0.4, 0.5) is 0 Å². The molecule has 1 aromatic carbocycles. The summed E-state index contributed by atoms with van der Waals surface area (Å²) in [7, 11) is 3.56. The molecule has 3 aliphatic heterocycles. The monoisotopic (exact) mass is 763 g/mol. The molecule has 6 bridgehead atoms. The van der Waals surface area contributed by atoms with E-state index in [1.54, 1.807) is 34.6 Å². The number of aliphatic imine (C=N–C) groups is 1. The predicted molar refractivity (Wildman–Crippen MR) is 204 cm³/mol. The van der Waals surface area contributed by atoms with Crippen LogP contribution in [0, 0.1) is 29.1 Å². The molecule has 0 unspecified atom stereocenters. The highest BCUT2D eigenvalue weighted by Gasteiger charge is 2.41. The van der Waals surface area contributed by atoms with Crippen molar-refractivity contribution in [3.8, 4) is 23.3 Å². The van der Waals surface area contributed by atoms with Crippen LogP contribution in [-0.4, -0.2) is 112 Å². The van der Waals surface area contributed by atoms with Crippen LogP contribution in [0.2, 0.25) is 0 Å². The number of aliphatic hydroxyl groups excluding tert-OH is 3. The SMILES string of the molecule is CC(=O)O[C@H]1C[C@@H](O)CC[C@]2([C@H](C)O)C#C[C@H]3CCC[C@]4(CNCCSSCCNC(N)=NC2)C[C@@H](CCN4)Oc2cc(c(C(O)O)cc2O)C[C@H]13. The molecule has 0 amide bonds. The second kappa shape index (κ2) is 18.8. The Kier molecular flexibility index (Phi) is 14.7. The van der Waals surface area contributed by atoms with Gasteiger partial charge in [-0.15, -0.1) is 0 Å². The largest absolute Gasteiger partial charge is 0.504 e. The molecule has 5 rings (SSSR count). The number of aromatic hydroxyl groups is 1. The molecule has 8 atom stereocenters. The Labute approximate surface area is 315 Å². The lowest BCUT2D eigenvalue weighted by molar-refractivity contribution is -0.152. The normalized spacial score (nSPS) is 33.1. The number of hydrogen-bond acceptors (Lipinski definition) is 15. The third-order valence-corrected chi connectivity index (χ3v) is 13.4. The third kappa shape index (κ3) is 10.8. The van der Waals surface area contributed by atoms with Gasteiger partial charge >= 0.3 is 5.97 Å². The van der Waals surface area contributed by atoms with E-state index in [1.807, 2.05) is 0 Å². The van der Waals surface area contributed by atoms with E-state index in [9.17, 15) is 30.3 Å². The van der Waals surface area contributed by atoms with Crippen molar-refractivity contribution in [3.63, 3.8) is 0 Å². The van der Waals surface area contributed by atoms with E-state index < -0.39 is 47.8 Å². The first-order valence-corrected chi connectivity index (χ1v) is 21.1. The van der Waals surface area contributed by atoms with Crippen LogP contribution in [0.3, 0.4) is 0 Å². The Morgan fingerprint density at radius 1 is 1.13 bits per heavy atom. The summed E-state index contributed by atoms with van der Waals surface area (Å²) in [5.74, 6) is 7.66. The molecule has 4 aliphatic rings. The molecule has 0 radical (unpaired) electrons. The number of hydrogen-bond donors (Lipinski definition) is 9. The number of nitrogens with zero attached hydrogens (tertiary/aromatic N) is 1. The molecule has 52 heavy (non-hydrogen) atoms. The fourth-order valence-electron chi connectivity index (χ4n) is 8.04. The Bertz CT molecular complexity index is 1460. The second-order valence-corrected chi connectivity index (χ2v) is 17.5. The molecule has 1 aromatic rings. The first-order valence-electron chi connectivity index (χ1n) is 18.6. The molecule has 1 fully saturated rings. The van der Waals surface area contributed by atoms with Crippen molar-refractivity contribution in [2.24, 2.45) is 28.0 Å². The maximum Gasteiger partial charge on any atom is 0.302 e. The fraction of sp³-hybridized carbons (Fsp3) is 0.730. The van der Waals surface area contributed by atoms with E-state index >= 15 is 0 Å². The maximum atomic E-state index is 12.6. The number of aliphatic hydroxyl groups is 4. The zero-order chi connectivity index (χ0) is 37.3. The maximum absolute atomic E-state index is 12.6. The van der Waals surface area contributed by atoms with Gasteiger partial charge in [0.15, 0.2) is 23.7 Å². The van der Waals surface area contributed by atoms with Crippen molar-refractivity contribution in [2.45, 2.75) is 108 Å². The van der Waals surface area contributed by atoms with Crippen molar-refractivity contribution in [1.82, 2.24) is 16.0 Å². The van der Waals surface area contributed by atoms with Crippen LogP contribution in [0.5, 0.6) is 11.5 Å². The van der Waals surface area contributed by atoms with Gasteiger partial charge in [0, 0.05) is 73.8 Å². The number of carbonyl (C=O) groups excluding carboxylic acids is 1. The molecule has 0 saturated carbocycles. The summed E-state index contributed by atoms with van der Waals surface area (Å²) in [5.41, 5.74) is 5.57. The molecule has 10 N–H and O–H groups in total. The van der Waals surface area contributed by atoms with Crippen LogP contribution in [0.1, 0.15) is 82.6 Å². The summed E-state index contributed by atoms with van der Waals surface area (Å²) in [4.78, 5) is 17.3. The molecule has 1 saturated heterocycles. The van der Waals surface area contributed by atoms with Crippen LogP contribution < -0.4 is 26.4 Å². The molecular weight excluding hydrogens is 707 g/mol. The number of fused-ring (bicyclic) bond motifs is 6. The number of ether oxygens (including phenoxy) is 2. The molecule has 290 valence electrons. The Morgan fingerprint density at radius 3 is 2.67 bits per heavy atom.